The largest absolute Gasteiger partial charge is 0.372 e. The van der Waals surface area contributed by atoms with E-state index in [0.717, 1.165) is 36.3 Å². The molecule has 2 atom stereocenters. The van der Waals surface area contributed by atoms with Gasteiger partial charge in [0.15, 0.2) is 0 Å². The molecule has 1 saturated heterocycles. The summed E-state index contributed by atoms with van der Waals surface area (Å²) in [6, 6.07) is 2.24. The van der Waals surface area contributed by atoms with Crippen LogP contribution in [0, 0.1) is 0 Å². The molecule has 1 fully saturated rings. The number of rotatable bonds is 3. The Morgan fingerprint density at radius 3 is 3.17 bits per heavy atom. The number of nitrogens with one attached hydrogen (secondary N) is 1. The summed E-state index contributed by atoms with van der Waals surface area (Å²) in [5, 5.41) is 3.20. The normalized spacial score (nSPS) is 23.7. The minimum absolute atomic E-state index is 0.00916. The van der Waals surface area contributed by atoms with E-state index >= 15 is 0 Å². The number of hydrogen-bond acceptors (Lipinski definition) is 4. The monoisotopic (exact) mass is 331 g/mol. The second-order valence-electron chi connectivity index (χ2n) is 6.40. The molecule has 122 valence electrons. The molecule has 0 bridgehead atoms. The third kappa shape index (κ3) is 2.93. The number of amides is 1. The third-order valence-corrected chi connectivity index (χ3v) is 6.01. The van der Waals surface area contributed by atoms with Crippen LogP contribution in [-0.2, 0) is 24.6 Å². The molecule has 2 aromatic rings. The first kappa shape index (κ1) is 14.9. The highest BCUT2D eigenvalue weighted by Crippen LogP contribution is 2.31. The molecule has 2 aromatic heterocycles. The van der Waals surface area contributed by atoms with Gasteiger partial charge in [-0.15, -0.1) is 11.3 Å². The number of fused-ring (bicyclic) bond motifs is 1. The number of nitrogens with zero attached hydrogens (tertiary/aromatic N) is 2. The molecule has 2 unspecified atom stereocenters. The Bertz CT molecular complexity index is 700. The zero-order chi connectivity index (χ0) is 15.8. The van der Waals surface area contributed by atoms with Crippen LogP contribution in [0.15, 0.2) is 18.6 Å². The van der Waals surface area contributed by atoms with Crippen LogP contribution in [0.2, 0.25) is 0 Å². The number of imidazole rings is 1. The molecule has 6 heteroatoms. The summed E-state index contributed by atoms with van der Waals surface area (Å²) in [5.74, 6) is 0.0695. The van der Waals surface area contributed by atoms with Crippen molar-refractivity contribution in [3.63, 3.8) is 0 Å². The number of hydrogen-bond donors (Lipinski definition) is 1. The fourth-order valence-electron chi connectivity index (χ4n) is 3.51. The summed E-state index contributed by atoms with van der Waals surface area (Å²) in [6.45, 7) is 0.668. The molecule has 1 N–H and O–H groups in total. The van der Waals surface area contributed by atoms with Crippen molar-refractivity contribution in [1.29, 1.82) is 0 Å². The summed E-state index contributed by atoms with van der Waals surface area (Å²) in [4.78, 5) is 18.9. The molecular formula is C17H21N3O2S. The predicted molar refractivity (Wildman–Crippen MR) is 88.7 cm³/mol. The summed E-state index contributed by atoms with van der Waals surface area (Å²) in [6.07, 6.45) is 8.80. The lowest BCUT2D eigenvalue weighted by atomic mass is 10.0. The molecule has 1 aliphatic carbocycles. The molecular weight excluding hydrogens is 310 g/mol. The van der Waals surface area contributed by atoms with Crippen LogP contribution in [0.1, 0.15) is 51.2 Å². The maximum atomic E-state index is 12.5. The number of ether oxygens (including phenoxy) is 1. The lowest BCUT2D eigenvalue weighted by molar-refractivity contribution is -0.00298. The number of carbonyl (C=O) groups is 1. The predicted octanol–water partition coefficient (Wildman–Crippen LogP) is 2.62. The number of aromatic nitrogens is 2. The summed E-state index contributed by atoms with van der Waals surface area (Å²) in [7, 11) is 1.97. The highest BCUT2D eigenvalue weighted by molar-refractivity contribution is 7.14. The van der Waals surface area contributed by atoms with Crippen LogP contribution in [0.3, 0.4) is 0 Å². The second kappa shape index (κ2) is 6.09. The van der Waals surface area contributed by atoms with E-state index in [2.05, 4.69) is 16.4 Å². The Hall–Kier alpha value is -1.66. The SMILES string of the molecule is Cn1cncc1C1CC(NC(=O)c2cc3c(s2)CCC3)CCO1. The Labute approximate surface area is 139 Å². The molecule has 23 heavy (non-hydrogen) atoms. The van der Waals surface area contributed by atoms with E-state index in [1.54, 1.807) is 17.7 Å². The first-order valence-electron chi connectivity index (χ1n) is 8.21. The number of aryl methyl sites for hydroxylation is 3. The standard InChI is InChI=1S/C17H21N3O2S/c1-20-10-18-9-13(20)14-8-12(5-6-22-14)19-17(21)16-7-11-3-2-4-15(11)23-16/h7,9-10,12,14H,2-6,8H2,1H3,(H,19,21). The Kier molecular flexibility index (Phi) is 3.95. The van der Waals surface area contributed by atoms with Crippen LogP contribution >= 0.6 is 11.3 Å². The highest BCUT2D eigenvalue weighted by Gasteiger charge is 2.28. The van der Waals surface area contributed by atoms with Gasteiger partial charge in [-0.05, 0) is 43.7 Å². The minimum atomic E-state index is 0.00916. The Balaban J connectivity index is 1.41. The van der Waals surface area contributed by atoms with Crippen LogP contribution in [0.5, 0.6) is 0 Å². The van der Waals surface area contributed by atoms with Crippen molar-refractivity contribution in [2.45, 2.75) is 44.2 Å². The van der Waals surface area contributed by atoms with Crippen molar-refractivity contribution >= 4 is 17.2 Å². The van der Waals surface area contributed by atoms with Gasteiger partial charge in [0.05, 0.1) is 23.1 Å². The average molecular weight is 331 g/mol. The van der Waals surface area contributed by atoms with Gasteiger partial charge in [0.25, 0.3) is 5.91 Å². The minimum Gasteiger partial charge on any atom is -0.372 e. The summed E-state index contributed by atoms with van der Waals surface area (Å²) >= 11 is 1.66. The summed E-state index contributed by atoms with van der Waals surface area (Å²) < 4.78 is 7.85. The van der Waals surface area contributed by atoms with Gasteiger partial charge < -0.3 is 14.6 Å². The summed E-state index contributed by atoms with van der Waals surface area (Å²) in [5.41, 5.74) is 2.44. The molecule has 1 aliphatic heterocycles. The smallest absolute Gasteiger partial charge is 0.261 e. The topological polar surface area (TPSA) is 56.2 Å². The van der Waals surface area contributed by atoms with Crippen molar-refractivity contribution in [3.8, 4) is 0 Å². The molecule has 0 spiro atoms. The lowest BCUT2D eigenvalue weighted by Crippen LogP contribution is -2.39. The Morgan fingerprint density at radius 1 is 1.48 bits per heavy atom. The maximum Gasteiger partial charge on any atom is 0.261 e. The second-order valence-corrected chi connectivity index (χ2v) is 7.53. The fraction of sp³-hybridized carbons (Fsp3) is 0.529. The van der Waals surface area contributed by atoms with E-state index in [1.807, 2.05) is 17.8 Å². The van der Waals surface area contributed by atoms with Gasteiger partial charge in [-0.25, -0.2) is 4.98 Å². The maximum absolute atomic E-state index is 12.5. The van der Waals surface area contributed by atoms with Crippen LogP contribution < -0.4 is 5.32 Å². The van der Waals surface area contributed by atoms with Gasteiger partial charge in [-0.1, -0.05) is 0 Å². The van der Waals surface area contributed by atoms with Gasteiger partial charge in [-0.3, -0.25) is 4.79 Å². The first-order chi connectivity index (χ1) is 11.2. The average Bonchev–Trinajstić information content (AvgIpc) is 3.22. The quantitative estimate of drug-likeness (QED) is 0.940. The lowest BCUT2D eigenvalue weighted by Gasteiger charge is -2.30. The zero-order valence-electron chi connectivity index (χ0n) is 13.2. The van der Waals surface area contributed by atoms with Gasteiger partial charge in [0.2, 0.25) is 0 Å². The van der Waals surface area contributed by atoms with E-state index in [0.29, 0.717) is 6.61 Å². The van der Waals surface area contributed by atoms with Gasteiger partial charge >= 0.3 is 0 Å². The van der Waals surface area contributed by atoms with Gasteiger partial charge in [-0.2, -0.15) is 0 Å². The van der Waals surface area contributed by atoms with Crippen molar-refractivity contribution in [3.05, 3.63) is 39.6 Å². The van der Waals surface area contributed by atoms with E-state index in [9.17, 15) is 4.79 Å². The molecule has 4 rings (SSSR count). The van der Waals surface area contributed by atoms with E-state index in [-0.39, 0.29) is 18.1 Å². The van der Waals surface area contributed by atoms with E-state index in [1.165, 1.54) is 16.9 Å². The number of carbonyl (C=O) groups excluding carboxylic acids is 1. The van der Waals surface area contributed by atoms with Crippen molar-refractivity contribution in [1.82, 2.24) is 14.9 Å². The van der Waals surface area contributed by atoms with E-state index < -0.39 is 0 Å². The molecule has 1 amide bonds. The highest BCUT2D eigenvalue weighted by atomic mass is 32.1. The van der Waals surface area contributed by atoms with Gasteiger partial charge in [0.1, 0.15) is 6.10 Å². The van der Waals surface area contributed by atoms with Crippen molar-refractivity contribution in [2.75, 3.05) is 6.61 Å². The fourth-order valence-corrected chi connectivity index (χ4v) is 4.67. The van der Waals surface area contributed by atoms with Crippen molar-refractivity contribution in [2.24, 2.45) is 7.05 Å². The van der Waals surface area contributed by atoms with E-state index in [4.69, 9.17) is 4.74 Å². The van der Waals surface area contributed by atoms with Crippen LogP contribution in [0.4, 0.5) is 0 Å². The molecule has 2 aliphatic rings. The number of thiophene rings is 1. The molecule has 3 heterocycles. The van der Waals surface area contributed by atoms with Crippen molar-refractivity contribution < 1.29 is 9.53 Å². The van der Waals surface area contributed by atoms with Crippen LogP contribution in [-0.4, -0.2) is 28.1 Å². The molecule has 0 aromatic carbocycles. The first-order valence-corrected chi connectivity index (χ1v) is 9.02. The molecule has 0 radical (unpaired) electrons. The van der Waals surface area contributed by atoms with Crippen LogP contribution in [0.25, 0.3) is 0 Å². The molecule has 0 saturated carbocycles. The third-order valence-electron chi connectivity index (χ3n) is 4.77. The Morgan fingerprint density at radius 2 is 2.39 bits per heavy atom. The van der Waals surface area contributed by atoms with Gasteiger partial charge in [0, 0.05) is 24.6 Å². The zero-order valence-corrected chi connectivity index (χ0v) is 14.1. The molecule has 5 nitrogen and oxygen atoms in total.